The van der Waals surface area contributed by atoms with Crippen LogP contribution in [0.1, 0.15) is 46.0 Å². The molecule has 0 aromatic rings. The maximum Gasteiger partial charge on any atom is 0.0127 e. The van der Waals surface area contributed by atoms with Gasteiger partial charge in [0, 0.05) is 12.1 Å². The van der Waals surface area contributed by atoms with E-state index in [-0.39, 0.29) is 0 Å². The summed E-state index contributed by atoms with van der Waals surface area (Å²) in [5, 5.41) is 3.91. The van der Waals surface area contributed by atoms with Gasteiger partial charge in [0.2, 0.25) is 0 Å². The molecule has 1 atom stereocenters. The molecule has 0 aromatic heterocycles. The second-order valence-corrected chi connectivity index (χ2v) is 6.11. The summed E-state index contributed by atoms with van der Waals surface area (Å²) < 4.78 is 0. The van der Waals surface area contributed by atoms with Gasteiger partial charge in [0.15, 0.2) is 0 Å². The van der Waals surface area contributed by atoms with Gasteiger partial charge in [-0.3, -0.25) is 0 Å². The number of nitrogens with one attached hydrogen (secondary N) is 1. The van der Waals surface area contributed by atoms with E-state index in [9.17, 15) is 0 Å². The van der Waals surface area contributed by atoms with E-state index in [1.807, 2.05) is 0 Å². The molecule has 0 spiro atoms. The molecular formula is C12H21N. The monoisotopic (exact) mass is 179 g/mol. The topological polar surface area (TPSA) is 12.0 Å². The highest BCUT2D eigenvalue weighted by atomic mass is 15.0. The van der Waals surface area contributed by atoms with E-state index in [2.05, 4.69) is 19.2 Å². The van der Waals surface area contributed by atoms with Crippen molar-refractivity contribution in [3.05, 3.63) is 0 Å². The molecule has 3 aliphatic carbocycles. The van der Waals surface area contributed by atoms with E-state index in [1.165, 1.54) is 32.1 Å². The minimum atomic E-state index is 0.613. The van der Waals surface area contributed by atoms with Crippen molar-refractivity contribution in [3.8, 4) is 0 Å². The van der Waals surface area contributed by atoms with Gasteiger partial charge >= 0.3 is 0 Å². The van der Waals surface area contributed by atoms with E-state index < -0.39 is 0 Å². The summed E-state index contributed by atoms with van der Waals surface area (Å²) in [4.78, 5) is 0. The molecule has 3 rings (SSSR count). The van der Waals surface area contributed by atoms with Crippen LogP contribution in [0.2, 0.25) is 0 Å². The van der Waals surface area contributed by atoms with Crippen LogP contribution < -0.4 is 5.32 Å². The van der Waals surface area contributed by atoms with Gasteiger partial charge in [0.1, 0.15) is 0 Å². The predicted octanol–water partition coefficient (Wildman–Crippen LogP) is 2.56. The number of hydrogen-bond donors (Lipinski definition) is 1. The molecule has 0 aliphatic heterocycles. The summed E-state index contributed by atoms with van der Waals surface area (Å²) in [5.74, 6) is 2.12. The van der Waals surface area contributed by atoms with Gasteiger partial charge in [0.05, 0.1) is 0 Å². The van der Waals surface area contributed by atoms with Crippen LogP contribution in [-0.2, 0) is 0 Å². The lowest BCUT2D eigenvalue weighted by Gasteiger charge is -2.18. The van der Waals surface area contributed by atoms with Crippen LogP contribution in [-0.4, -0.2) is 12.1 Å². The third-order valence-electron chi connectivity index (χ3n) is 4.17. The molecule has 3 saturated carbocycles. The second kappa shape index (κ2) is 2.50. The Kier molecular flexibility index (Phi) is 1.59. The molecule has 0 bridgehead atoms. The SMILES string of the molecule is CC1(C)CC1NC(C1CC1)C1CC1. The fourth-order valence-electron chi connectivity index (χ4n) is 2.55. The largest absolute Gasteiger partial charge is 0.310 e. The summed E-state index contributed by atoms with van der Waals surface area (Å²) in [6, 6.07) is 1.76. The third kappa shape index (κ3) is 1.63. The van der Waals surface area contributed by atoms with Gasteiger partial charge in [0.25, 0.3) is 0 Å². The van der Waals surface area contributed by atoms with Crippen molar-refractivity contribution < 1.29 is 0 Å². The molecule has 1 N–H and O–H groups in total. The van der Waals surface area contributed by atoms with E-state index >= 15 is 0 Å². The molecule has 0 saturated heterocycles. The zero-order valence-corrected chi connectivity index (χ0v) is 8.84. The molecule has 1 nitrogen and oxygen atoms in total. The lowest BCUT2D eigenvalue weighted by molar-refractivity contribution is 0.388. The van der Waals surface area contributed by atoms with Crippen molar-refractivity contribution in [2.45, 2.75) is 58.0 Å². The average Bonchev–Trinajstić information content (AvgIpc) is 2.89. The van der Waals surface area contributed by atoms with Crippen LogP contribution in [0.25, 0.3) is 0 Å². The molecule has 13 heavy (non-hydrogen) atoms. The second-order valence-electron chi connectivity index (χ2n) is 6.11. The van der Waals surface area contributed by atoms with Gasteiger partial charge in [-0.25, -0.2) is 0 Å². The summed E-state index contributed by atoms with van der Waals surface area (Å²) in [6.45, 7) is 4.78. The van der Waals surface area contributed by atoms with E-state index in [4.69, 9.17) is 0 Å². The van der Waals surface area contributed by atoms with Gasteiger partial charge in [-0.15, -0.1) is 0 Å². The number of rotatable bonds is 4. The maximum absolute atomic E-state index is 3.91. The van der Waals surface area contributed by atoms with Crippen LogP contribution in [0.4, 0.5) is 0 Å². The maximum atomic E-state index is 3.91. The van der Waals surface area contributed by atoms with Gasteiger partial charge in [-0.05, 0) is 49.4 Å². The Bertz CT molecular complexity index is 201. The summed E-state index contributed by atoms with van der Waals surface area (Å²) >= 11 is 0. The van der Waals surface area contributed by atoms with E-state index in [0.717, 1.165) is 23.9 Å². The normalized spacial score (nSPS) is 36.7. The lowest BCUT2D eigenvalue weighted by atomic mass is 10.1. The summed E-state index contributed by atoms with van der Waals surface area (Å²) in [5.41, 5.74) is 0.613. The van der Waals surface area contributed by atoms with Crippen LogP contribution in [0, 0.1) is 17.3 Å². The van der Waals surface area contributed by atoms with Gasteiger partial charge in [-0.1, -0.05) is 13.8 Å². The fourth-order valence-corrected chi connectivity index (χ4v) is 2.55. The third-order valence-corrected chi connectivity index (χ3v) is 4.17. The average molecular weight is 179 g/mol. The zero-order valence-electron chi connectivity index (χ0n) is 8.84. The lowest BCUT2D eigenvalue weighted by Crippen LogP contribution is -2.36. The van der Waals surface area contributed by atoms with E-state index in [0.29, 0.717) is 5.41 Å². The standard InChI is InChI=1S/C12H21N/c1-12(2)7-10(12)13-11(8-3-4-8)9-5-6-9/h8-11,13H,3-7H2,1-2H3. The van der Waals surface area contributed by atoms with Crippen molar-refractivity contribution >= 4 is 0 Å². The smallest absolute Gasteiger partial charge is 0.0127 e. The Morgan fingerprint density at radius 2 is 1.54 bits per heavy atom. The molecule has 3 fully saturated rings. The molecule has 0 radical (unpaired) electrons. The first-order valence-electron chi connectivity index (χ1n) is 5.93. The van der Waals surface area contributed by atoms with Crippen LogP contribution in [0.15, 0.2) is 0 Å². The quantitative estimate of drug-likeness (QED) is 0.699. The first kappa shape index (κ1) is 8.28. The van der Waals surface area contributed by atoms with Crippen molar-refractivity contribution in [2.75, 3.05) is 0 Å². The van der Waals surface area contributed by atoms with Crippen molar-refractivity contribution in [1.82, 2.24) is 5.32 Å². The Labute approximate surface area is 81.3 Å². The molecule has 74 valence electrons. The Morgan fingerprint density at radius 3 is 1.85 bits per heavy atom. The highest BCUT2D eigenvalue weighted by Gasteiger charge is 2.50. The Morgan fingerprint density at radius 1 is 1.08 bits per heavy atom. The molecule has 0 aromatic carbocycles. The van der Waals surface area contributed by atoms with Crippen LogP contribution in [0.5, 0.6) is 0 Å². The highest BCUT2D eigenvalue weighted by Crippen LogP contribution is 2.50. The summed E-state index contributed by atoms with van der Waals surface area (Å²) in [6.07, 6.45) is 7.41. The van der Waals surface area contributed by atoms with E-state index in [1.54, 1.807) is 0 Å². The van der Waals surface area contributed by atoms with Crippen molar-refractivity contribution in [2.24, 2.45) is 17.3 Å². The minimum Gasteiger partial charge on any atom is -0.310 e. The highest BCUT2D eigenvalue weighted by molar-refractivity contribution is 5.06. The molecule has 3 aliphatic rings. The molecule has 1 heteroatoms. The first-order valence-corrected chi connectivity index (χ1v) is 5.93. The molecule has 0 heterocycles. The number of hydrogen-bond acceptors (Lipinski definition) is 1. The molecule has 0 amide bonds. The first-order chi connectivity index (χ1) is 6.17. The van der Waals surface area contributed by atoms with Crippen molar-refractivity contribution in [3.63, 3.8) is 0 Å². The van der Waals surface area contributed by atoms with Gasteiger partial charge < -0.3 is 5.32 Å². The minimum absolute atomic E-state index is 0.613. The summed E-state index contributed by atoms with van der Waals surface area (Å²) in [7, 11) is 0. The Hall–Kier alpha value is -0.0400. The Balaban J connectivity index is 1.56. The zero-order chi connectivity index (χ0) is 9.05. The van der Waals surface area contributed by atoms with Crippen LogP contribution >= 0.6 is 0 Å². The molecule has 1 unspecified atom stereocenters. The fraction of sp³-hybridized carbons (Fsp3) is 1.00. The van der Waals surface area contributed by atoms with Crippen LogP contribution in [0.3, 0.4) is 0 Å². The molecular weight excluding hydrogens is 158 g/mol. The van der Waals surface area contributed by atoms with Gasteiger partial charge in [-0.2, -0.15) is 0 Å². The predicted molar refractivity (Wildman–Crippen MR) is 54.6 cm³/mol. The van der Waals surface area contributed by atoms with Crippen molar-refractivity contribution in [1.29, 1.82) is 0 Å².